The molecule has 1 aliphatic rings. The maximum Gasteiger partial charge on any atom is 0.250 e. The summed E-state index contributed by atoms with van der Waals surface area (Å²) in [6.07, 6.45) is 1.87. The van der Waals surface area contributed by atoms with E-state index in [1.165, 1.54) is 0 Å². The Kier molecular flexibility index (Phi) is 4.45. The van der Waals surface area contributed by atoms with Crippen LogP contribution in [-0.4, -0.2) is 28.8 Å². The molecule has 1 aliphatic heterocycles. The molecule has 0 spiro atoms. The number of hydrogen-bond donors (Lipinski definition) is 1. The van der Waals surface area contributed by atoms with Crippen molar-refractivity contribution in [3.63, 3.8) is 0 Å². The van der Waals surface area contributed by atoms with Crippen LogP contribution in [0.25, 0.3) is 0 Å². The standard InChI is InChI=1S/C10H18N2OS/c1-4-5-8-10(13)12-9(11-8)6-14-7(2)3/h7-8H,4-6H2,1-3H3,(H,11,12,13). The van der Waals surface area contributed by atoms with Gasteiger partial charge in [0.25, 0.3) is 0 Å². The fourth-order valence-electron chi connectivity index (χ4n) is 1.29. The topological polar surface area (TPSA) is 41.5 Å². The molecule has 0 aromatic carbocycles. The molecule has 0 aromatic heterocycles. The summed E-state index contributed by atoms with van der Waals surface area (Å²) in [6.45, 7) is 6.36. The molecule has 0 bridgehead atoms. The van der Waals surface area contributed by atoms with Gasteiger partial charge in [0.15, 0.2) is 0 Å². The highest BCUT2D eigenvalue weighted by molar-refractivity contribution is 8.00. The second-order valence-electron chi connectivity index (χ2n) is 3.73. The van der Waals surface area contributed by atoms with Gasteiger partial charge in [-0.05, 0) is 11.7 Å². The molecule has 1 amide bonds. The lowest BCUT2D eigenvalue weighted by molar-refractivity contribution is -0.120. The molecular weight excluding hydrogens is 196 g/mol. The van der Waals surface area contributed by atoms with E-state index >= 15 is 0 Å². The van der Waals surface area contributed by atoms with Crippen LogP contribution in [0.1, 0.15) is 33.6 Å². The quantitative estimate of drug-likeness (QED) is 0.758. The molecule has 4 heteroatoms. The van der Waals surface area contributed by atoms with Crippen molar-refractivity contribution >= 4 is 23.5 Å². The van der Waals surface area contributed by atoms with Gasteiger partial charge in [0.1, 0.15) is 11.9 Å². The van der Waals surface area contributed by atoms with Crippen LogP contribution in [0.2, 0.25) is 0 Å². The minimum Gasteiger partial charge on any atom is -0.312 e. The Hall–Kier alpha value is -0.510. The zero-order valence-corrected chi connectivity index (χ0v) is 9.86. The van der Waals surface area contributed by atoms with Gasteiger partial charge in [-0.3, -0.25) is 9.79 Å². The molecule has 1 N–H and O–H groups in total. The van der Waals surface area contributed by atoms with E-state index in [1.807, 2.05) is 0 Å². The van der Waals surface area contributed by atoms with E-state index in [-0.39, 0.29) is 11.9 Å². The first-order chi connectivity index (χ1) is 6.63. The van der Waals surface area contributed by atoms with Crippen molar-refractivity contribution in [2.45, 2.75) is 44.9 Å². The van der Waals surface area contributed by atoms with E-state index in [2.05, 4.69) is 31.1 Å². The predicted octanol–water partition coefficient (Wildman–Crippen LogP) is 1.82. The Morgan fingerprint density at radius 1 is 1.57 bits per heavy atom. The second-order valence-corrected chi connectivity index (χ2v) is 5.29. The first-order valence-corrected chi connectivity index (χ1v) is 6.17. The van der Waals surface area contributed by atoms with Crippen molar-refractivity contribution in [3.8, 4) is 0 Å². The largest absolute Gasteiger partial charge is 0.312 e. The zero-order chi connectivity index (χ0) is 10.6. The van der Waals surface area contributed by atoms with Gasteiger partial charge in [0.2, 0.25) is 5.91 Å². The number of carbonyl (C=O) groups is 1. The third kappa shape index (κ3) is 3.33. The van der Waals surface area contributed by atoms with Gasteiger partial charge >= 0.3 is 0 Å². The van der Waals surface area contributed by atoms with E-state index in [1.54, 1.807) is 11.8 Å². The second kappa shape index (κ2) is 5.39. The van der Waals surface area contributed by atoms with Gasteiger partial charge < -0.3 is 5.32 Å². The Morgan fingerprint density at radius 3 is 2.86 bits per heavy atom. The van der Waals surface area contributed by atoms with Crippen molar-refractivity contribution < 1.29 is 4.79 Å². The average molecular weight is 214 g/mol. The van der Waals surface area contributed by atoms with Gasteiger partial charge in [0.05, 0.1) is 5.75 Å². The van der Waals surface area contributed by atoms with Gasteiger partial charge in [-0.2, -0.15) is 11.8 Å². The maximum absolute atomic E-state index is 11.4. The number of rotatable bonds is 5. The fraction of sp³-hybridized carbons (Fsp3) is 0.800. The lowest BCUT2D eigenvalue weighted by Gasteiger charge is -2.03. The highest BCUT2D eigenvalue weighted by Gasteiger charge is 2.24. The molecule has 0 saturated heterocycles. The van der Waals surface area contributed by atoms with Gasteiger partial charge in [-0.15, -0.1) is 0 Å². The van der Waals surface area contributed by atoms with Gasteiger partial charge in [0, 0.05) is 0 Å². The summed E-state index contributed by atoms with van der Waals surface area (Å²) in [6, 6.07) is -0.122. The predicted molar refractivity (Wildman–Crippen MR) is 61.9 cm³/mol. The van der Waals surface area contributed by atoms with Crippen LogP contribution in [-0.2, 0) is 4.79 Å². The molecule has 0 aromatic rings. The molecule has 14 heavy (non-hydrogen) atoms. The normalized spacial score (nSPS) is 21.3. The van der Waals surface area contributed by atoms with Crippen molar-refractivity contribution in [3.05, 3.63) is 0 Å². The first kappa shape index (κ1) is 11.6. The summed E-state index contributed by atoms with van der Waals surface area (Å²) in [5.74, 6) is 1.75. The Labute approximate surface area is 89.7 Å². The van der Waals surface area contributed by atoms with E-state index in [0.717, 1.165) is 24.4 Å². The number of amides is 1. The average Bonchev–Trinajstić information content (AvgIpc) is 2.45. The Bertz CT molecular complexity index is 238. The van der Waals surface area contributed by atoms with E-state index in [9.17, 15) is 4.79 Å². The molecule has 1 atom stereocenters. The van der Waals surface area contributed by atoms with Crippen LogP contribution in [0.4, 0.5) is 0 Å². The molecule has 1 heterocycles. The van der Waals surface area contributed by atoms with Crippen LogP contribution in [0, 0.1) is 0 Å². The number of thioether (sulfide) groups is 1. The number of amidine groups is 1. The number of hydrogen-bond acceptors (Lipinski definition) is 3. The molecule has 80 valence electrons. The van der Waals surface area contributed by atoms with Crippen molar-refractivity contribution in [2.24, 2.45) is 4.99 Å². The number of nitrogens with zero attached hydrogens (tertiary/aromatic N) is 1. The summed E-state index contributed by atoms with van der Waals surface area (Å²) in [5.41, 5.74) is 0. The molecule has 1 unspecified atom stereocenters. The van der Waals surface area contributed by atoms with Crippen LogP contribution >= 0.6 is 11.8 Å². The van der Waals surface area contributed by atoms with Crippen molar-refractivity contribution in [1.82, 2.24) is 5.32 Å². The SMILES string of the molecule is CCCC1N=C(CSC(C)C)NC1=O. The molecule has 0 aliphatic carbocycles. The number of carbonyl (C=O) groups excluding carboxylic acids is 1. The van der Waals surface area contributed by atoms with E-state index in [4.69, 9.17) is 0 Å². The summed E-state index contributed by atoms with van der Waals surface area (Å²) in [7, 11) is 0. The van der Waals surface area contributed by atoms with E-state index < -0.39 is 0 Å². The molecule has 0 radical (unpaired) electrons. The molecule has 0 fully saturated rings. The van der Waals surface area contributed by atoms with Crippen LogP contribution in [0.3, 0.4) is 0 Å². The highest BCUT2D eigenvalue weighted by Crippen LogP contribution is 2.13. The third-order valence-electron chi connectivity index (χ3n) is 2.00. The lowest BCUT2D eigenvalue weighted by Crippen LogP contribution is -2.29. The highest BCUT2D eigenvalue weighted by atomic mass is 32.2. The summed E-state index contributed by atoms with van der Waals surface area (Å²) >= 11 is 1.81. The Balaban J connectivity index is 2.40. The van der Waals surface area contributed by atoms with Crippen LogP contribution in [0.15, 0.2) is 4.99 Å². The molecule has 3 nitrogen and oxygen atoms in total. The summed E-state index contributed by atoms with van der Waals surface area (Å²) < 4.78 is 0. The molecule has 1 rings (SSSR count). The zero-order valence-electron chi connectivity index (χ0n) is 9.04. The number of aliphatic imine (C=N–C) groups is 1. The van der Waals surface area contributed by atoms with Crippen LogP contribution in [0.5, 0.6) is 0 Å². The summed E-state index contributed by atoms with van der Waals surface area (Å²) in [5, 5.41) is 3.42. The van der Waals surface area contributed by atoms with Gasteiger partial charge in [-0.25, -0.2) is 0 Å². The van der Waals surface area contributed by atoms with Gasteiger partial charge in [-0.1, -0.05) is 27.2 Å². The van der Waals surface area contributed by atoms with E-state index in [0.29, 0.717) is 5.25 Å². The summed E-state index contributed by atoms with van der Waals surface area (Å²) in [4.78, 5) is 15.8. The minimum absolute atomic E-state index is 0.0752. The number of nitrogens with one attached hydrogen (secondary N) is 1. The van der Waals surface area contributed by atoms with Crippen LogP contribution < -0.4 is 5.32 Å². The third-order valence-corrected chi connectivity index (χ3v) is 3.10. The minimum atomic E-state index is -0.122. The lowest BCUT2D eigenvalue weighted by atomic mass is 10.2. The van der Waals surface area contributed by atoms with Crippen molar-refractivity contribution in [2.75, 3.05) is 5.75 Å². The Morgan fingerprint density at radius 2 is 2.29 bits per heavy atom. The smallest absolute Gasteiger partial charge is 0.250 e. The molecule has 0 saturated carbocycles. The molecular formula is C10H18N2OS. The van der Waals surface area contributed by atoms with Crippen molar-refractivity contribution in [1.29, 1.82) is 0 Å². The monoisotopic (exact) mass is 214 g/mol. The maximum atomic E-state index is 11.4. The fourth-order valence-corrected chi connectivity index (χ4v) is 1.93. The first-order valence-electron chi connectivity index (χ1n) is 5.12.